The highest BCUT2D eigenvalue weighted by atomic mass is 16.5. The molecule has 2 rings (SSSR count). The van der Waals surface area contributed by atoms with Crippen LogP contribution in [0.2, 0.25) is 0 Å². The van der Waals surface area contributed by atoms with Gasteiger partial charge in [-0.15, -0.1) is 0 Å². The van der Waals surface area contributed by atoms with Crippen LogP contribution in [0.5, 0.6) is 0 Å². The molecule has 5 heteroatoms. The summed E-state index contributed by atoms with van der Waals surface area (Å²) in [6.45, 7) is 1.02. The van der Waals surface area contributed by atoms with Crippen LogP contribution in [0.4, 0.5) is 0 Å². The molecule has 0 bridgehead atoms. The lowest BCUT2D eigenvalue weighted by atomic mass is 10.1. The lowest BCUT2D eigenvalue weighted by molar-refractivity contribution is 0.0952. The number of benzene rings is 1. The first-order valence-electron chi connectivity index (χ1n) is 6.59. The van der Waals surface area contributed by atoms with Gasteiger partial charge >= 0.3 is 0 Å². The van der Waals surface area contributed by atoms with Gasteiger partial charge in [0.05, 0.1) is 12.1 Å². The summed E-state index contributed by atoms with van der Waals surface area (Å²) in [7, 11) is 1.61. The predicted octanol–water partition coefficient (Wildman–Crippen LogP) is 1.33. The van der Waals surface area contributed by atoms with Crippen molar-refractivity contribution in [1.29, 1.82) is 0 Å². The fourth-order valence-electron chi connectivity index (χ4n) is 2.07. The summed E-state index contributed by atoms with van der Waals surface area (Å²) < 4.78 is 4.96. The van der Waals surface area contributed by atoms with E-state index in [2.05, 4.69) is 10.3 Å². The minimum absolute atomic E-state index is 0.0607. The summed E-state index contributed by atoms with van der Waals surface area (Å²) in [5.74, 6) is -0.104. The Kier molecular flexibility index (Phi) is 5.03. The summed E-state index contributed by atoms with van der Waals surface area (Å²) in [5.41, 5.74) is 7.26. The molecule has 1 amide bonds. The molecule has 0 fully saturated rings. The zero-order chi connectivity index (χ0) is 14.4. The van der Waals surface area contributed by atoms with Crippen LogP contribution in [0.25, 0.3) is 10.9 Å². The molecular formula is C15H19N3O2. The fraction of sp³-hybridized carbons (Fsp3) is 0.333. The second-order valence-electron chi connectivity index (χ2n) is 4.64. The van der Waals surface area contributed by atoms with Crippen LogP contribution in [-0.2, 0) is 4.74 Å². The maximum Gasteiger partial charge on any atom is 0.251 e. The van der Waals surface area contributed by atoms with Gasteiger partial charge in [-0.05, 0) is 24.6 Å². The summed E-state index contributed by atoms with van der Waals surface area (Å²) in [5, 5.41) is 3.73. The third-order valence-electron chi connectivity index (χ3n) is 3.07. The first-order valence-corrected chi connectivity index (χ1v) is 6.59. The van der Waals surface area contributed by atoms with E-state index in [0.29, 0.717) is 25.1 Å². The zero-order valence-corrected chi connectivity index (χ0v) is 11.5. The number of carbonyl (C=O) groups excluding carboxylic acids is 1. The first-order chi connectivity index (χ1) is 9.72. The van der Waals surface area contributed by atoms with Gasteiger partial charge in [-0.2, -0.15) is 0 Å². The molecule has 20 heavy (non-hydrogen) atoms. The van der Waals surface area contributed by atoms with Crippen LogP contribution in [0, 0.1) is 0 Å². The SMILES string of the molecule is COCC(N)CCNC(=O)c1cccc2ncccc12. The van der Waals surface area contributed by atoms with Crippen molar-refractivity contribution in [2.45, 2.75) is 12.5 Å². The molecule has 5 nitrogen and oxygen atoms in total. The standard InChI is InChI=1S/C15H19N3O2/c1-20-10-11(16)7-9-18-15(19)13-4-2-6-14-12(13)5-3-8-17-14/h2-6,8,11H,7,9-10,16H2,1H3,(H,18,19). The Morgan fingerprint density at radius 2 is 2.25 bits per heavy atom. The number of amides is 1. The molecule has 0 aliphatic rings. The number of aromatic nitrogens is 1. The number of nitrogens with zero attached hydrogens (tertiary/aromatic N) is 1. The average Bonchev–Trinajstić information content (AvgIpc) is 2.47. The summed E-state index contributed by atoms with van der Waals surface area (Å²) in [4.78, 5) is 16.4. The van der Waals surface area contributed by atoms with Gasteiger partial charge < -0.3 is 15.8 Å². The number of hydrogen-bond acceptors (Lipinski definition) is 4. The maximum atomic E-state index is 12.2. The molecule has 0 spiro atoms. The molecule has 1 aromatic carbocycles. The van der Waals surface area contributed by atoms with Gasteiger partial charge in [0.25, 0.3) is 5.91 Å². The highest BCUT2D eigenvalue weighted by molar-refractivity contribution is 6.06. The smallest absolute Gasteiger partial charge is 0.251 e. The van der Waals surface area contributed by atoms with Crippen LogP contribution in [0.1, 0.15) is 16.8 Å². The van der Waals surface area contributed by atoms with Crippen molar-refractivity contribution in [2.24, 2.45) is 5.73 Å². The third kappa shape index (κ3) is 3.53. The van der Waals surface area contributed by atoms with Gasteiger partial charge in [0.1, 0.15) is 0 Å². The van der Waals surface area contributed by atoms with Crippen LogP contribution in [0.15, 0.2) is 36.5 Å². The first kappa shape index (κ1) is 14.4. The van der Waals surface area contributed by atoms with Crippen LogP contribution in [0.3, 0.4) is 0 Å². The van der Waals surface area contributed by atoms with Gasteiger partial charge in [0.2, 0.25) is 0 Å². The van der Waals surface area contributed by atoms with E-state index < -0.39 is 0 Å². The third-order valence-corrected chi connectivity index (χ3v) is 3.07. The second-order valence-corrected chi connectivity index (χ2v) is 4.64. The molecule has 1 atom stereocenters. The number of methoxy groups -OCH3 is 1. The van der Waals surface area contributed by atoms with Crippen LogP contribution < -0.4 is 11.1 Å². The molecule has 0 saturated heterocycles. The highest BCUT2D eigenvalue weighted by Gasteiger charge is 2.10. The van der Waals surface area contributed by atoms with Gasteiger partial charge in [-0.25, -0.2) is 0 Å². The van der Waals surface area contributed by atoms with E-state index in [0.717, 1.165) is 10.9 Å². The van der Waals surface area contributed by atoms with Crippen molar-refractivity contribution in [3.63, 3.8) is 0 Å². The van der Waals surface area contributed by atoms with Crippen molar-refractivity contribution >= 4 is 16.8 Å². The molecule has 1 aromatic heterocycles. The molecule has 0 aliphatic carbocycles. The van der Waals surface area contributed by atoms with Gasteiger partial charge in [-0.1, -0.05) is 12.1 Å². The number of ether oxygens (including phenoxy) is 1. The number of nitrogens with one attached hydrogen (secondary N) is 1. The Morgan fingerprint density at radius 3 is 3.05 bits per heavy atom. The van der Waals surface area contributed by atoms with Crippen molar-refractivity contribution in [1.82, 2.24) is 10.3 Å². The summed E-state index contributed by atoms with van der Waals surface area (Å²) >= 11 is 0. The molecule has 106 valence electrons. The maximum absolute atomic E-state index is 12.2. The molecule has 0 aliphatic heterocycles. The minimum atomic E-state index is -0.104. The van der Waals surface area contributed by atoms with Crippen LogP contribution in [-0.4, -0.2) is 37.2 Å². The van der Waals surface area contributed by atoms with Gasteiger partial charge in [0.15, 0.2) is 0 Å². The monoisotopic (exact) mass is 273 g/mol. The van der Waals surface area contributed by atoms with Crippen molar-refractivity contribution in [3.05, 3.63) is 42.1 Å². The highest BCUT2D eigenvalue weighted by Crippen LogP contribution is 2.16. The molecule has 0 saturated carbocycles. The Labute approximate surface area is 118 Å². The topological polar surface area (TPSA) is 77.2 Å². The Hall–Kier alpha value is -1.98. The quantitative estimate of drug-likeness (QED) is 0.832. The van der Waals surface area contributed by atoms with Crippen molar-refractivity contribution in [3.8, 4) is 0 Å². The zero-order valence-electron chi connectivity index (χ0n) is 11.5. The lowest BCUT2D eigenvalue weighted by Crippen LogP contribution is -2.32. The molecule has 2 aromatic rings. The number of carbonyl (C=O) groups is 1. The van der Waals surface area contributed by atoms with E-state index in [-0.39, 0.29) is 11.9 Å². The number of hydrogen-bond donors (Lipinski definition) is 2. The van der Waals surface area contributed by atoms with E-state index >= 15 is 0 Å². The molecule has 1 heterocycles. The normalized spacial score (nSPS) is 12.3. The minimum Gasteiger partial charge on any atom is -0.383 e. The summed E-state index contributed by atoms with van der Waals surface area (Å²) in [6, 6.07) is 9.19. The number of pyridine rings is 1. The lowest BCUT2D eigenvalue weighted by Gasteiger charge is -2.11. The largest absolute Gasteiger partial charge is 0.383 e. The number of rotatable bonds is 6. The van der Waals surface area contributed by atoms with Gasteiger partial charge in [0, 0.05) is 36.8 Å². The second kappa shape index (κ2) is 6.98. The van der Waals surface area contributed by atoms with Crippen molar-refractivity contribution < 1.29 is 9.53 Å². The Balaban J connectivity index is 2.01. The Bertz CT molecular complexity index is 581. The van der Waals surface area contributed by atoms with E-state index in [1.165, 1.54) is 0 Å². The van der Waals surface area contributed by atoms with E-state index in [4.69, 9.17) is 10.5 Å². The van der Waals surface area contributed by atoms with E-state index in [1.54, 1.807) is 19.4 Å². The molecule has 3 N–H and O–H groups in total. The predicted molar refractivity (Wildman–Crippen MR) is 78.5 cm³/mol. The van der Waals surface area contributed by atoms with Crippen molar-refractivity contribution in [2.75, 3.05) is 20.3 Å². The van der Waals surface area contributed by atoms with Crippen LogP contribution >= 0.6 is 0 Å². The number of fused-ring (bicyclic) bond motifs is 1. The van der Waals surface area contributed by atoms with E-state index in [1.807, 2.05) is 24.3 Å². The fourth-order valence-corrected chi connectivity index (χ4v) is 2.07. The average molecular weight is 273 g/mol. The molecule has 0 radical (unpaired) electrons. The van der Waals surface area contributed by atoms with Gasteiger partial charge in [-0.3, -0.25) is 9.78 Å². The molecular weight excluding hydrogens is 254 g/mol. The Morgan fingerprint density at radius 1 is 1.40 bits per heavy atom. The number of nitrogens with two attached hydrogens (primary N) is 1. The molecule has 1 unspecified atom stereocenters. The summed E-state index contributed by atoms with van der Waals surface area (Å²) in [6.07, 6.45) is 2.40. The van der Waals surface area contributed by atoms with E-state index in [9.17, 15) is 4.79 Å².